The number of carbonyl (C=O) groups is 8. The first-order chi connectivity index (χ1) is 32.0. The van der Waals surface area contributed by atoms with E-state index in [0.29, 0.717) is 0 Å². The Morgan fingerprint density at radius 3 is 0.500 bits per heavy atom. The lowest BCUT2D eigenvalue weighted by Crippen LogP contribution is -2.60. The lowest BCUT2D eigenvalue weighted by Gasteiger charge is -2.28. The third-order valence-electron chi connectivity index (χ3n) is 10.6. The average Bonchev–Trinajstić information content (AvgIpc) is 3.25. The van der Waals surface area contributed by atoms with Crippen LogP contribution in [0.2, 0.25) is 0 Å². The van der Waals surface area contributed by atoms with Gasteiger partial charge in [-0.25, -0.2) is 19.2 Å². The van der Waals surface area contributed by atoms with Gasteiger partial charge in [0, 0.05) is 0 Å². The van der Waals surface area contributed by atoms with Crippen LogP contribution < -0.4 is 40.2 Å². The Balaban J connectivity index is 0. The second kappa shape index (κ2) is 31.1. The molecule has 26 heteroatoms. The first-order valence-corrected chi connectivity index (χ1v) is 26.1. The number of methoxy groups -OCH3 is 4. The van der Waals surface area contributed by atoms with Gasteiger partial charge in [-0.2, -0.15) is 35.7 Å². The van der Waals surface area contributed by atoms with E-state index in [2.05, 4.69) is 40.2 Å². The van der Waals surface area contributed by atoms with Crippen LogP contribution in [-0.2, 0) is 77.7 Å². The van der Waals surface area contributed by atoms with Gasteiger partial charge in [0.2, 0.25) is 23.6 Å². The third-order valence-corrected chi connectivity index (χ3v) is 12.9. The van der Waals surface area contributed by atoms with Gasteiger partial charge in [0.25, 0.3) is 20.4 Å². The third kappa shape index (κ3) is 23.2. The zero-order valence-electron chi connectivity index (χ0n) is 44.6. The van der Waals surface area contributed by atoms with Crippen molar-refractivity contribution < 1.29 is 74.1 Å². The Kier molecular flexibility index (Phi) is 30.0. The van der Waals surface area contributed by atoms with E-state index in [9.17, 15) is 55.2 Å². The maximum absolute atomic E-state index is 12.9. The molecule has 0 aromatic rings. The molecule has 0 aliphatic heterocycles. The highest BCUT2D eigenvalue weighted by Gasteiger charge is 2.38. The first-order valence-electron chi connectivity index (χ1n) is 23.1. The SMILES string of the molecule is COC(=O)[C@@H](NC(=O)[C@@H](NS(=O)(=O)N[C@H](C(=O)N[C@H](C(=O)OC)C(C)C)C(C)C)C(C)C)C(C)C.COC(=O)[C@@H](NC(=O)[C@@H](NS(=O)(=O)N[C@H](C(=O)N[C@H](C(=O)OC)C(C)C)C(C)C)C(C)C)C(C)C. The van der Waals surface area contributed by atoms with Crippen molar-refractivity contribution in [2.75, 3.05) is 28.4 Å². The van der Waals surface area contributed by atoms with Gasteiger partial charge in [0.1, 0.15) is 48.3 Å². The standard InChI is InChI=1S/2C22H42N4O8S/c2*1-11(2)15(19(27)23-17(13(5)6)21(29)33-9)25-35(31,32)26-16(12(3)4)20(28)24-18(14(7)8)22(30)34-10/h2*11-18,25-26H,1-10H3,(H,23,27)(H,24,28)/t2*15-,16-,17-,18-/m00/s1. The minimum absolute atomic E-state index is 0.299. The molecule has 0 aliphatic rings. The van der Waals surface area contributed by atoms with Crippen LogP contribution in [0.5, 0.6) is 0 Å². The Morgan fingerprint density at radius 2 is 0.400 bits per heavy atom. The number of carbonyl (C=O) groups excluding carboxylic acids is 8. The van der Waals surface area contributed by atoms with Crippen LogP contribution in [0.4, 0.5) is 0 Å². The number of amides is 4. The average molecular weight is 1050 g/mol. The summed E-state index contributed by atoms with van der Waals surface area (Å²) in [5, 5.41) is 10.1. The van der Waals surface area contributed by atoms with Crippen LogP contribution in [0, 0.1) is 47.3 Å². The summed E-state index contributed by atoms with van der Waals surface area (Å²) in [5.74, 6) is -8.65. The minimum atomic E-state index is -4.38. The summed E-state index contributed by atoms with van der Waals surface area (Å²) in [7, 11) is -3.99. The van der Waals surface area contributed by atoms with Crippen molar-refractivity contribution in [3.8, 4) is 0 Å². The zero-order valence-corrected chi connectivity index (χ0v) is 46.2. The predicted molar refractivity (Wildman–Crippen MR) is 260 cm³/mol. The molecule has 0 aliphatic carbocycles. The van der Waals surface area contributed by atoms with Gasteiger partial charge < -0.3 is 40.2 Å². The highest BCUT2D eigenvalue weighted by molar-refractivity contribution is 7.87. The molecule has 70 heavy (non-hydrogen) atoms. The highest BCUT2D eigenvalue weighted by Crippen LogP contribution is 2.14. The van der Waals surface area contributed by atoms with Gasteiger partial charge in [0.05, 0.1) is 28.4 Å². The summed E-state index contributed by atoms with van der Waals surface area (Å²) in [6.07, 6.45) is 0. The molecule has 0 aromatic heterocycles. The van der Waals surface area contributed by atoms with Crippen molar-refractivity contribution in [2.45, 2.75) is 159 Å². The molecule has 24 nitrogen and oxygen atoms in total. The minimum Gasteiger partial charge on any atom is -0.467 e. The van der Waals surface area contributed by atoms with E-state index < -0.39 is 140 Å². The summed E-state index contributed by atoms with van der Waals surface area (Å²) >= 11 is 0. The quantitative estimate of drug-likeness (QED) is 0.0383. The largest absolute Gasteiger partial charge is 0.467 e. The molecule has 0 fully saturated rings. The van der Waals surface area contributed by atoms with Gasteiger partial charge in [0.15, 0.2) is 0 Å². The molecule has 0 radical (unpaired) electrons. The van der Waals surface area contributed by atoms with Crippen molar-refractivity contribution in [1.29, 1.82) is 0 Å². The topological polar surface area (TPSA) is 338 Å². The predicted octanol–water partition coefficient (Wildman–Crippen LogP) is 0.174. The number of rotatable bonds is 28. The van der Waals surface area contributed by atoms with Crippen LogP contribution >= 0.6 is 0 Å². The second-order valence-electron chi connectivity index (χ2n) is 19.4. The molecule has 0 heterocycles. The monoisotopic (exact) mass is 1040 g/mol. The smallest absolute Gasteiger partial charge is 0.328 e. The number of hydrogen-bond donors (Lipinski definition) is 8. The molecule has 0 spiro atoms. The normalized spacial score (nSPS) is 15.5. The van der Waals surface area contributed by atoms with Crippen molar-refractivity contribution >= 4 is 67.9 Å². The van der Waals surface area contributed by atoms with Gasteiger partial charge in [-0.15, -0.1) is 0 Å². The molecular weight excluding hydrogens is 961 g/mol. The van der Waals surface area contributed by atoms with E-state index >= 15 is 0 Å². The molecule has 408 valence electrons. The van der Waals surface area contributed by atoms with E-state index in [4.69, 9.17) is 18.9 Å². The summed E-state index contributed by atoms with van der Waals surface area (Å²) in [4.78, 5) is 99.5. The Labute approximate surface area is 415 Å². The fourth-order valence-corrected chi connectivity index (χ4v) is 9.17. The summed E-state index contributed by atoms with van der Waals surface area (Å²) in [5.41, 5.74) is 0. The molecule has 0 saturated carbocycles. The van der Waals surface area contributed by atoms with Crippen LogP contribution in [0.3, 0.4) is 0 Å². The Hall–Kier alpha value is -4.50. The lowest BCUT2D eigenvalue weighted by atomic mass is 10.0. The number of nitrogens with one attached hydrogen (secondary N) is 8. The summed E-state index contributed by atoms with van der Waals surface area (Å²) in [6.45, 7) is 26.7. The van der Waals surface area contributed by atoms with Crippen molar-refractivity contribution in [1.82, 2.24) is 40.2 Å². The fourth-order valence-electron chi connectivity index (χ4n) is 6.18. The highest BCUT2D eigenvalue weighted by atomic mass is 32.2. The molecule has 0 bridgehead atoms. The molecule has 8 N–H and O–H groups in total. The molecule has 8 atom stereocenters. The maximum atomic E-state index is 12.9. The first kappa shape index (κ1) is 67.6. The van der Waals surface area contributed by atoms with E-state index in [1.165, 1.54) is 28.4 Å². The molecule has 0 rings (SSSR count). The van der Waals surface area contributed by atoms with E-state index in [1.807, 2.05) is 0 Å². The van der Waals surface area contributed by atoms with Crippen molar-refractivity contribution in [3.05, 3.63) is 0 Å². The van der Waals surface area contributed by atoms with Gasteiger partial charge >= 0.3 is 23.9 Å². The molecule has 0 saturated heterocycles. The number of hydrogen-bond acceptors (Lipinski definition) is 16. The van der Waals surface area contributed by atoms with Crippen LogP contribution in [0.1, 0.15) is 111 Å². The van der Waals surface area contributed by atoms with Crippen LogP contribution in [-0.4, -0.2) is 141 Å². The second-order valence-corrected chi connectivity index (χ2v) is 22.3. The maximum Gasteiger partial charge on any atom is 0.328 e. The Bertz CT molecular complexity index is 1700. The van der Waals surface area contributed by atoms with Crippen LogP contribution in [0.15, 0.2) is 0 Å². The zero-order chi connectivity index (χ0) is 55.3. The van der Waals surface area contributed by atoms with Crippen molar-refractivity contribution in [2.24, 2.45) is 47.3 Å². The van der Waals surface area contributed by atoms with Gasteiger partial charge in [-0.05, 0) is 47.3 Å². The molecule has 0 aromatic carbocycles. The lowest BCUT2D eigenvalue weighted by molar-refractivity contribution is -0.147. The van der Waals surface area contributed by atoms with Gasteiger partial charge in [-0.1, -0.05) is 111 Å². The summed E-state index contributed by atoms with van der Waals surface area (Å²) in [6, 6.07) is -8.84. The fraction of sp³-hybridized carbons (Fsp3) is 0.818. The Morgan fingerprint density at radius 1 is 0.271 bits per heavy atom. The molecule has 4 amide bonds. The number of ether oxygens (including phenoxy) is 4. The van der Waals surface area contributed by atoms with E-state index in [0.717, 1.165) is 0 Å². The van der Waals surface area contributed by atoms with Crippen molar-refractivity contribution in [3.63, 3.8) is 0 Å². The summed E-state index contributed by atoms with van der Waals surface area (Å²) < 4.78 is 79.6. The van der Waals surface area contributed by atoms with E-state index in [-0.39, 0.29) is 23.7 Å². The van der Waals surface area contributed by atoms with E-state index in [1.54, 1.807) is 111 Å². The molecular formula is C44H84N8O16S2. The van der Waals surface area contributed by atoms with Crippen LogP contribution in [0.25, 0.3) is 0 Å². The number of esters is 4. The molecule has 0 unspecified atom stereocenters. The van der Waals surface area contributed by atoms with Gasteiger partial charge in [-0.3, -0.25) is 19.2 Å².